The average Bonchev–Trinajstić information content (AvgIpc) is 2.59. The molecule has 0 N–H and O–H groups in total. The molecule has 1 aliphatic rings. The van der Waals surface area contributed by atoms with Crippen LogP contribution < -0.4 is 0 Å². The van der Waals surface area contributed by atoms with Gasteiger partial charge in [-0.2, -0.15) is 0 Å². The van der Waals surface area contributed by atoms with Crippen LogP contribution in [0.5, 0.6) is 0 Å². The van der Waals surface area contributed by atoms with Gasteiger partial charge in [-0.1, -0.05) is 37.3 Å². The van der Waals surface area contributed by atoms with E-state index < -0.39 is 0 Å². The van der Waals surface area contributed by atoms with E-state index in [1.807, 2.05) is 4.90 Å². The van der Waals surface area contributed by atoms with Crippen molar-refractivity contribution in [1.82, 2.24) is 9.80 Å². The number of piperazine rings is 1. The Bertz CT molecular complexity index is 532. The molecule has 1 heterocycles. The number of carbonyl (C=O) groups is 1. The maximum absolute atomic E-state index is 12.4. The molecular weight excluding hydrogens is 312 g/mol. The summed E-state index contributed by atoms with van der Waals surface area (Å²) in [6.07, 6.45) is 6.32. The van der Waals surface area contributed by atoms with Gasteiger partial charge >= 0.3 is 0 Å². The van der Waals surface area contributed by atoms with Crippen LogP contribution in [-0.2, 0) is 16.0 Å². The molecule has 1 amide bonds. The SMILES string of the molecule is CCCOC=CC(=O)N1[C@H](C)CN(CCCc2ccccc2)C[C@@H]1C. The van der Waals surface area contributed by atoms with Gasteiger partial charge < -0.3 is 9.64 Å². The maximum Gasteiger partial charge on any atom is 0.250 e. The van der Waals surface area contributed by atoms with Crippen LogP contribution >= 0.6 is 0 Å². The van der Waals surface area contributed by atoms with E-state index in [2.05, 4.69) is 56.0 Å². The van der Waals surface area contributed by atoms with Gasteiger partial charge in [-0.05, 0) is 45.2 Å². The zero-order chi connectivity index (χ0) is 18.1. The first kappa shape index (κ1) is 19.5. The van der Waals surface area contributed by atoms with Crippen molar-refractivity contribution in [3.63, 3.8) is 0 Å². The third-order valence-electron chi connectivity index (χ3n) is 4.66. The number of hydrogen-bond acceptors (Lipinski definition) is 3. The molecule has 0 unspecified atom stereocenters. The summed E-state index contributed by atoms with van der Waals surface area (Å²) in [5, 5.41) is 0. The van der Waals surface area contributed by atoms with Gasteiger partial charge in [-0.15, -0.1) is 0 Å². The molecule has 0 spiro atoms. The Morgan fingerprint density at radius 3 is 2.52 bits per heavy atom. The van der Waals surface area contributed by atoms with E-state index in [4.69, 9.17) is 4.74 Å². The fourth-order valence-corrected chi connectivity index (χ4v) is 3.58. The smallest absolute Gasteiger partial charge is 0.250 e. The molecular formula is C21H32N2O2. The molecule has 1 aromatic carbocycles. The predicted octanol–water partition coefficient (Wildman–Crippen LogP) is 3.48. The molecule has 0 aliphatic carbocycles. The minimum Gasteiger partial charge on any atom is -0.501 e. The third-order valence-corrected chi connectivity index (χ3v) is 4.66. The van der Waals surface area contributed by atoms with Crippen molar-refractivity contribution in [3.8, 4) is 0 Å². The summed E-state index contributed by atoms with van der Waals surface area (Å²) in [6.45, 7) is 9.95. The van der Waals surface area contributed by atoms with Gasteiger partial charge in [0.1, 0.15) is 0 Å². The second-order valence-corrected chi connectivity index (χ2v) is 6.97. The first-order chi connectivity index (χ1) is 12.1. The quantitative estimate of drug-likeness (QED) is 0.411. The second kappa shape index (κ2) is 10.2. The molecule has 1 aromatic rings. The van der Waals surface area contributed by atoms with Gasteiger partial charge in [0, 0.05) is 31.2 Å². The first-order valence-corrected chi connectivity index (χ1v) is 9.48. The van der Waals surface area contributed by atoms with Crippen molar-refractivity contribution in [2.75, 3.05) is 26.2 Å². The lowest BCUT2D eigenvalue weighted by molar-refractivity contribution is -0.133. The average molecular weight is 344 g/mol. The molecule has 1 fully saturated rings. The molecule has 0 bridgehead atoms. The molecule has 0 aromatic heterocycles. The van der Waals surface area contributed by atoms with Gasteiger partial charge in [-0.25, -0.2) is 0 Å². The molecule has 2 atom stereocenters. The molecule has 0 saturated carbocycles. The van der Waals surface area contributed by atoms with E-state index in [-0.39, 0.29) is 18.0 Å². The van der Waals surface area contributed by atoms with Crippen LogP contribution in [0.2, 0.25) is 0 Å². The highest BCUT2D eigenvalue weighted by atomic mass is 16.5. The van der Waals surface area contributed by atoms with Gasteiger partial charge in [-0.3, -0.25) is 9.69 Å². The highest BCUT2D eigenvalue weighted by molar-refractivity contribution is 5.88. The highest BCUT2D eigenvalue weighted by Gasteiger charge is 2.31. The summed E-state index contributed by atoms with van der Waals surface area (Å²) in [5.74, 6) is 0.0556. The predicted molar refractivity (Wildman–Crippen MR) is 102 cm³/mol. The van der Waals surface area contributed by atoms with Crippen molar-refractivity contribution in [3.05, 3.63) is 48.2 Å². The van der Waals surface area contributed by atoms with E-state index >= 15 is 0 Å². The summed E-state index contributed by atoms with van der Waals surface area (Å²) in [4.78, 5) is 16.9. The van der Waals surface area contributed by atoms with E-state index in [0.717, 1.165) is 38.9 Å². The standard InChI is InChI=1S/C21H32N2O2/c1-4-14-25-15-12-21(24)23-18(2)16-22(17-19(23)3)13-8-11-20-9-6-5-7-10-20/h5-7,9-10,12,15,18-19H,4,8,11,13-14,16-17H2,1-3H3/t18-,19+. The van der Waals surface area contributed by atoms with E-state index in [0.29, 0.717) is 6.61 Å². The summed E-state index contributed by atoms with van der Waals surface area (Å²) in [7, 11) is 0. The molecule has 2 rings (SSSR count). The Morgan fingerprint density at radius 1 is 1.20 bits per heavy atom. The largest absolute Gasteiger partial charge is 0.501 e. The fourth-order valence-electron chi connectivity index (χ4n) is 3.58. The number of nitrogens with zero attached hydrogens (tertiary/aromatic N) is 2. The number of ether oxygens (including phenoxy) is 1. The van der Waals surface area contributed by atoms with Crippen molar-refractivity contribution in [2.45, 2.75) is 52.1 Å². The Kier molecular flexibility index (Phi) is 7.99. The van der Waals surface area contributed by atoms with Gasteiger partial charge in [0.25, 0.3) is 0 Å². The van der Waals surface area contributed by atoms with E-state index in [1.165, 1.54) is 11.8 Å². The number of hydrogen-bond donors (Lipinski definition) is 0. The lowest BCUT2D eigenvalue weighted by Gasteiger charge is -2.44. The van der Waals surface area contributed by atoms with E-state index in [9.17, 15) is 4.79 Å². The number of carbonyl (C=O) groups excluding carboxylic acids is 1. The van der Waals surface area contributed by atoms with Crippen LogP contribution in [0.1, 0.15) is 39.2 Å². The third kappa shape index (κ3) is 6.20. The Labute approximate surface area is 152 Å². The summed E-state index contributed by atoms with van der Waals surface area (Å²) < 4.78 is 5.29. The number of benzene rings is 1. The van der Waals surface area contributed by atoms with Crippen LogP contribution in [0.3, 0.4) is 0 Å². The van der Waals surface area contributed by atoms with Crippen molar-refractivity contribution >= 4 is 5.91 Å². The van der Waals surface area contributed by atoms with Crippen LogP contribution in [-0.4, -0.2) is 54.0 Å². The minimum atomic E-state index is 0.0556. The normalized spacial score (nSPS) is 21.6. The number of rotatable bonds is 8. The summed E-state index contributed by atoms with van der Waals surface area (Å²) in [5.41, 5.74) is 1.40. The summed E-state index contributed by atoms with van der Waals surface area (Å²) in [6, 6.07) is 11.1. The molecule has 1 aliphatic heterocycles. The van der Waals surface area contributed by atoms with Crippen LogP contribution in [0.25, 0.3) is 0 Å². The molecule has 4 nitrogen and oxygen atoms in total. The van der Waals surface area contributed by atoms with E-state index in [1.54, 1.807) is 6.08 Å². The van der Waals surface area contributed by atoms with Gasteiger partial charge in [0.2, 0.25) is 5.91 Å². The fraction of sp³-hybridized carbons (Fsp3) is 0.571. The topological polar surface area (TPSA) is 32.8 Å². The van der Waals surface area contributed by atoms with Crippen LogP contribution in [0.15, 0.2) is 42.7 Å². The van der Waals surface area contributed by atoms with Gasteiger partial charge in [0.05, 0.1) is 12.9 Å². The molecule has 0 radical (unpaired) electrons. The first-order valence-electron chi connectivity index (χ1n) is 9.48. The molecule has 138 valence electrons. The summed E-state index contributed by atoms with van der Waals surface area (Å²) >= 11 is 0. The Hall–Kier alpha value is -1.81. The number of amides is 1. The van der Waals surface area contributed by atoms with Crippen LogP contribution in [0, 0.1) is 0 Å². The molecule has 1 saturated heterocycles. The Balaban J connectivity index is 1.78. The second-order valence-electron chi connectivity index (χ2n) is 6.97. The molecule has 25 heavy (non-hydrogen) atoms. The zero-order valence-electron chi connectivity index (χ0n) is 15.9. The zero-order valence-corrected chi connectivity index (χ0v) is 15.9. The minimum absolute atomic E-state index is 0.0556. The Morgan fingerprint density at radius 2 is 1.88 bits per heavy atom. The lowest BCUT2D eigenvalue weighted by Crippen LogP contribution is -2.58. The van der Waals surface area contributed by atoms with Crippen molar-refractivity contribution in [2.24, 2.45) is 0 Å². The molecule has 4 heteroatoms. The highest BCUT2D eigenvalue weighted by Crippen LogP contribution is 2.17. The van der Waals surface area contributed by atoms with Crippen molar-refractivity contribution in [1.29, 1.82) is 0 Å². The maximum atomic E-state index is 12.4. The van der Waals surface area contributed by atoms with Gasteiger partial charge in [0.15, 0.2) is 0 Å². The van der Waals surface area contributed by atoms with Crippen molar-refractivity contribution < 1.29 is 9.53 Å². The lowest BCUT2D eigenvalue weighted by atomic mass is 10.1. The van der Waals surface area contributed by atoms with Crippen LogP contribution in [0.4, 0.5) is 0 Å². The monoisotopic (exact) mass is 344 g/mol. The number of aryl methyl sites for hydroxylation is 1.